The summed E-state index contributed by atoms with van der Waals surface area (Å²) in [4.78, 5) is 11.8. The highest BCUT2D eigenvalue weighted by Gasteiger charge is 2.20. The van der Waals surface area contributed by atoms with Crippen LogP contribution in [0.15, 0.2) is 24.3 Å². The Balaban J connectivity index is 1.81. The third-order valence-corrected chi connectivity index (χ3v) is 3.69. The Morgan fingerprint density at radius 3 is 2.90 bits per heavy atom. The van der Waals surface area contributed by atoms with Gasteiger partial charge in [0.2, 0.25) is 0 Å². The molecule has 1 aromatic rings. The van der Waals surface area contributed by atoms with Crippen LogP contribution in [-0.4, -0.2) is 19.1 Å². The van der Waals surface area contributed by atoms with Crippen molar-refractivity contribution >= 4 is 11.7 Å². The lowest BCUT2D eigenvalue weighted by molar-refractivity contribution is 0.252. The van der Waals surface area contributed by atoms with Crippen molar-refractivity contribution < 1.29 is 4.79 Å². The van der Waals surface area contributed by atoms with Crippen LogP contribution in [0, 0.1) is 5.92 Å². The first-order valence-corrected chi connectivity index (χ1v) is 7.57. The van der Waals surface area contributed by atoms with Gasteiger partial charge in [0.25, 0.3) is 0 Å². The highest BCUT2D eigenvalue weighted by Crippen LogP contribution is 2.31. The minimum Gasteiger partial charge on any atom is -0.338 e. The molecule has 0 bridgehead atoms. The van der Waals surface area contributed by atoms with Crippen LogP contribution in [0.4, 0.5) is 10.5 Å². The maximum Gasteiger partial charge on any atom is 0.319 e. The highest BCUT2D eigenvalue weighted by atomic mass is 16.2. The van der Waals surface area contributed by atoms with E-state index >= 15 is 0 Å². The van der Waals surface area contributed by atoms with Crippen LogP contribution in [0.2, 0.25) is 0 Å². The van der Waals surface area contributed by atoms with Crippen LogP contribution in [0.3, 0.4) is 0 Å². The zero-order valence-corrected chi connectivity index (χ0v) is 12.4. The van der Waals surface area contributed by atoms with Crippen LogP contribution in [0.25, 0.3) is 0 Å². The molecular formula is C16H25N3O. The quantitative estimate of drug-likeness (QED) is 0.715. The summed E-state index contributed by atoms with van der Waals surface area (Å²) in [7, 11) is 0. The molecule has 20 heavy (non-hydrogen) atoms. The molecule has 0 saturated heterocycles. The van der Waals surface area contributed by atoms with Gasteiger partial charge in [-0.25, -0.2) is 4.79 Å². The monoisotopic (exact) mass is 275 g/mol. The second-order valence-electron chi connectivity index (χ2n) is 5.52. The van der Waals surface area contributed by atoms with Gasteiger partial charge in [0.15, 0.2) is 0 Å². The van der Waals surface area contributed by atoms with Crippen molar-refractivity contribution in [1.82, 2.24) is 10.6 Å². The zero-order chi connectivity index (χ0) is 14.4. The van der Waals surface area contributed by atoms with Gasteiger partial charge in [0.05, 0.1) is 0 Å². The number of nitrogens with one attached hydrogen (secondary N) is 3. The summed E-state index contributed by atoms with van der Waals surface area (Å²) < 4.78 is 0. The van der Waals surface area contributed by atoms with Crippen molar-refractivity contribution in [3.05, 3.63) is 29.8 Å². The van der Waals surface area contributed by atoms with Gasteiger partial charge < -0.3 is 16.0 Å². The standard InChI is InChI=1S/C16H25N3O/c1-3-17-12(2)14-5-4-6-15(11-14)19-16(20)18-10-9-13-7-8-13/h4-6,11-13,17H,3,7-10H2,1-2H3,(H2,18,19,20). The van der Waals surface area contributed by atoms with Gasteiger partial charge in [-0.1, -0.05) is 31.9 Å². The lowest BCUT2D eigenvalue weighted by Crippen LogP contribution is -2.29. The maximum atomic E-state index is 11.8. The molecule has 4 heteroatoms. The molecule has 110 valence electrons. The van der Waals surface area contributed by atoms with Crippen molar-refractivity contribution in [2.45, 2.75) is 39.2 Å². The number of hydrogen-bond donors (Lipinski definition) is 3. The topological polar surface area (TPSA) is 53.2 Å². The third kappa shape index (κ3) is 4.85. The Morgan fingerprint density at radius 1 is 1.40 bits per heavy atom. The zero-order valence-electron chi connectivity index (χ0n) is 12.4. The Hall–Kier alpha value is -1.55. The third-order valence-electron chi connectivity index (χ3n) is 3.69. The van der Waals surface area contributed by atoms with Gasteiger partial charge in [-0.05, 0) is 43.5 Å². The van der Waals surface area contributed by atoms with Crippen LogP contribution < -0.4 is 16.0 Å². The van der Waals surface area contributed by atoms with E-state index < -0.39 is 0 Å². The summed E-state index contributed by atoms with van der Waals surface area (Å²) in [6, 6.07) is 8.17. The largest absolute Gasteiger partial charge is 0.338 e. The minimum atomic E-state index is -0.112. The summed E-state index contributed by atoms with van der Waals surface area (Å²) >= 11 is 0. The Morgan fingerprint density at radius 2 is 2.20 bits per heavy atom. The van der Waals surface area contributed by atoms with Gasteiger partial charge >= 0.3 is 6.03 Å². The second-order valence-corrected chi connectivity index (χ2v) is 5.52. The van der Waals surface area contributed by atoms with E-state index in [2.05, 4.69) is 35.9 Å². The molecule has 0 heterocycles. The number of hydrogen-bond acceptors (Lipinski definition) is 2. The van der Waals surface area contributed by atoms with E-state index in [-0.39, 0.29) is 6.03 Å². The van der Waals surface area contributed by atoms with E-state index in [1.54, 1.807) is 0 Å². The molecule has 1 unspecified atom stereocenters. The van der Waals surface area contributed by atoms with Gasteiger partial charge in [-0.3, -0.25) is 0 Å². The number of rotatable bonds is 7. The molecule has 1 fully saturated rings. The predicted octanol–water partition coefficient (Wildman–Crippen LogP) is 3.28. The van der Waals surface area contributed by atoms with Crippen molar-refractivity contribution in [1.29, 1.82) is 0 Å². The SMILES string of the molecule is CCNC(C)c1cccc(NC(=O)NCCC2CC2)c1. The highest BCUT2D eigenvalue weighted by molar-refractivity contribution is 5.89. The fraction of sp³-hybridized carbons (Fsp3) is 0.562. The fourth-order valence-corrected chi connectivity index (χ4v) is 2.28. The molecule has 1 atom stereocenters. The molecule has 0 aromatic heterocycles. The molecule has 1 aromatic carbocycles. The van der Waals surface area contributed by atoms with Gasteiger partial charge in [0, 0.05) is 18.3 Å². The van der Waals surface area contributed by atoms with Crippen molar-refractivity contribution in [3.63, 3.8) is 0 Å². The fourth-order valence-electron chi connectivity index (χ4n) is 2.28. The molecular weight excluding hydrogens is 250 g/mol. The van der Waals surface area contributed by atoms with Crippen molar-refractivity contribution in [3.8, 4) is 0 Å². The first kappa shape index (κ1) is 14.9. The van der Waals surface area contributed by atoms with Gasteiger partial charge in [-0.15, -0.1) is 0 Å². The molecule has 2 amide bonds. The number of carbonyl (C=O) groups is 1. The first-order valence-electron chi connectivity index (χ1n) is 7.57. The summed E-state index contributed by atoms with van der Waals surface area (Å²) in [6.07, 6.45) is 3.76. The van der Waals surface area contributed by atoms with E-state index in [0.29, 0.717) is 6.04 Å². The number of amides is 2. The van der Waals surface area contributed by atoms with Crippen molar-refractivity contribution in [2.75, 3.05) is 18.4 Å². The average molecular weight is 275 g/mol. The predicted molar refractivity (Wildman–Crippen MR) is 82.9 cm³/mol. The number of benzene rings is 1. The summed E-state index contributed by atoms with van der Waals surface area (Å²) in [6.45, 7) is 5.91. The molecule has 0 radical (unpaired) electrons. The number of urea groups is 1. The molecule has 4 nitrogen and oxygen atoms in total. The van der Waals surface area contributed by atoms with E-state index in [1.165, 1.54) is 18.4 Å². The Labute approximate surface area is 121 Å². The lowest BCUT2D eigenvalue weighted by Gasteiger charge is -2.14. The molecule has 3 N–H and O–H groups in total. The van der Waals surface area contributed by atoms with Crippen LogP contribution in [-0.2, 0) is 0 Å². The Bertz CT molecular complexity index is 443. The van der Waals surface area contributed by atoms with Gasteiger partial charge in [0.1, 0.15) is 0 Å². The molecule has 1 aliphatic rings. The smallest absolute Gasteiger partial charge is 0.319 e. The summed E-state index contributed by atoms with van der Waals surface area (Å²) in [5, 5.41) is 9.17. The van der Waals surface area contributed by atoms with E-state index in [0.717, 1.165) is 31.1 Å². The van der Waals surface area contributed by atoms with Crippen LogP contribution in [0.1, 0.15) is 44.7 Å². The minimum absolute atomic E-state index is 0.112. The maximum absolute atomic E-state index is 11.8. The molecule has 2 rings (SSSR count). The molecule has 1 saturated carbocycles. The molecule has 0 aliphatic heterocycles. The normalized spacial score (nSPS) is 15.7. The molecule has 1 aliphatic carbocycles. The second kappa shape index (κ2) is 7.29. The van der Waals surface area contributed by atoms with Gasteiger partial charge in [-0.2, -0.15) is 0 Å². The Kier molecular flexibility index (Phi) is 5.41. The molecule has 0 spiro atoms. The van der Waals surface area contributed by atoms with E-state index in [9.17, 15) is 4.79 Å². The van der Waals surface area contributed by atoms with E-state index in [4.69, 9.17) is 0 Å². The van der Waals surface area contributed by atoms with Crippen LogP contribution in [0.5, 0.6) is 0 Å². The van der Waals surface area contributed by atoms with Crippen molar-refractivity contribution in [2.24, 2.45) is 5.92 Å². The summed E-state index contributed by atoms with van der Waals surface area (Å²) in [5.74, 6) is 0.847. The average Bonchev–Trinajstić information content (AvgIpc) is 3.23. The number of carbonyl (C=O) groups excluding carboxylic acids is 1. The first-order chi connectivity index (χ1) is 9.69. The van der Waals surface area contributed by atoms with E-state index in [1.807, 2.05) is 18.2 Å². The number of anilines is 1. The van der Waals surface area contributed by atoms with Crippen LogP contribution >= 0.6 is 0 Å². The lowest BCUT2D eigenvalue weighted by atomic mass is 10.1. The summed E-state index contributed by atoms with van der Waals surface area (Å²) in [5.41, 5.74) is 2.03.